The molecule has 4 heteroatoms. The number of phenols is 1. The van der Waals surface area contributed by atoms with Crippen molar-refractivity contribution in [2.75, 3.05) is 13.1 Å². The van der Waals surface area contributed by atoms with Gasteiger partial charge in [0.05, 0.1) is 5.56 Å². The second-order valence-electron chi connectivity index (χ2n) is 5.94. The van der Waals surface area contributed by atoms with E-state index in [9.17, 15) is 9.90 Å². The van der Waals surface area contributed by atoms with Crippen LogP contribution in [0.25, 0.3) is 10.9 Å². The third-order valence-corrected chi connectivity index (χ3v) is 4.59. The van der Waals surface area contributed by atoms with E-state index in [0.717, 1.165) is 18.4 Å². The molecule has 1 aliphatic rings. The van der Waals surface area contributed by atoms with Gasteiger partial charge in [-0.1, -0.05) is 30.3 Å². The maximum Gasteiger partial charge on any atom is 0.257 e. The van der Waals surface area contributed by atoms with Crippen LogP contribution in [-0.4, -0.2) is 34.0 Å². The summed E-state index contributed by atoms with van der Waals surface area (Å²) in [5.41, 5.74) is 4.08. The van der Waals surface area contributed by atoms with Crippen molar-refractivity contribution >= 4 is 16.8 Å². The molecule has 1 aliphatic heterocycles. The number of H-pyrrole nitrogens is 1. The van der Waals surface area contributed by atoms with Crippen molar-refractivity contribution in [2.45, 2.75) is 12.8 Å². The Bertz CT molecular complexity index is 882. The predicted octanol–water partition coefficient (Wildman–Crippen LogP) is 3.11. The Kier molecular flexibility index (Phi) is 3.30. The highest BCUT2D eigenvalue weighted by Crippen LogP contribution is 2.26. The number of aromatic hydroxyl groups is 1. The maximum absolute atomic E-state index is 12.7. The molecular weight excluding hydrogens is 288 g/mol. The van der Waals surface area contributed by atoms with Crippen molar-refractivity contribution in [3.05, 3.63) is 65.4 Å². The minimum Gasteiger partial charge on any atom is -0.507 e. The van der Waals surface area contributed by atoms with Gasteiger partial charge < -0.3 is 15.0 Å². The fourth-order valence-corrected chi connectivity index (χ4v) is 3.39. The monoisotopic (exact) mass is 306 g/mol. The van der Waals surface area contributed by atoms with E-state index in [-0.39, 0.29) is 11.7 Å². The van der Waals surface area contributed by atoms with E-state index in [0.29, 0.717) is 18.7 Å². The Morgan fingerprint density at radius 3 is 2.61 bits per heavy atom. The number of para-hydroxylation sites is 2. The number of nitrogens with one attached hydrogen (secondary N) is 1. The van der Waals surface area contributed by atoms with E-state index in [4.69, 9.17) is 0 Å². The quantitative estimate of drug-likeness (QED) is 0.726. The first kappa shape index (κ1) is 13.9. The number of carbonyl (C=O) groups is 1. The SMILES string of the molecule is O=C(c1ccccc1O)N1CCc2[nH]c3ccccc3c2CC1. The number of phenolic OH excluding ortho intramolecular Hbond substituents is 1. The maximum atomic E-state index is 12.7. The summed E-state index contributed by atoms with van der Waals surface area (Å²) in [6.45, 7) is 1.33. The van der Waals surface area contributed by atoms with Gasteiger partial charge in [0.25, 0.3) is 5.91 Å². The lowest BCUT2D eigenvalue weighted by Gasteiger charge is -2.20. The van der Waals surface area contributed by atoms with Crippen LogP contribution in [0.15, 0.2) is 48.5 Å². The summed E-state index contributed by atoms with van der Waals surface area (Å²) < 4.78 is 0. The molecule has 4 rings (SSSR count). The topological polar surface area (TPSA) is 56.3 Å². The molecule has 0 fully saturated rings. The molecule has 0 radical (unpaired) electrons. The van der Waals surface area contributed by atoms with Crippen molar-refractivity contribution < 1.29 is 9.90 Å². The summed E-state index contributed by atoms with van der Waals surface area (Å²) in [5, 5.41) is 11.2. The third kappa shape index (κ3) is 2.36. The summed E-state index contributed by atoms with van der Waals surface area (Å²) in [4.78, 5) is 18.0. The number of rotatable bonds is 1. The Morgan fingerprint density at radius 2 is 1.74 bits per heavy atom. The van der Waals surface area contributed by atoms with E-state index in [2.05, 4.69) is 17.1 Å². The number of carbonyl (C=O) groups excluding carboxylic acids is 1. The van der Waals surface area contributed by atoms with Crippen molar-refractivity contribution in [1.82, 2.24) is 9.88 Å². The second kappa shape index (κ2) is 5.47. The number of nitrogens with zero attached hydrogens (tertiary/aromatic N) is 1. The average Bonchev–Trinajstić information content (AvgIpc) is 2.79. The minimum absolute atomic E-state index is 0.0470. The van der Waals surface area contributed by atoms with E-state index in [1.165, 1.54) is 16.6 Å². The fourth-order valence-electron chi connectivity index (χ4n) is 3.39. The Morgan fingerprint density at radius 1 is 1.00 bits per heavy atom. The number of aromatic amines is 1. The minimum atomic E-state index is -0.0995. The number of hydrogen-bond donors (Lipinski definition) is 2. The molecule has 23 heavy (non-hydrogen) atoms. The molecule has 0 saturated carbocycles. The van der Waals surface area contributed by atoms with E-state index < -0.39 is 0 Å². The summed E-state index contributed by atoms with van der Waals surface area (Å²) in [7, 11) is 0. The molecule has 0 bridgehead atoms. The molecule has 2 N–H and O–H groups in total. The molecule has 0 aliphatic carbocycles. The first-order chi connectivity index (χ1) is 11.2. The average molecular weight is 306 g/mol. The van der Waals surface area contributed by atoms with Gasteiger partial charge >= 0.3 is 0 Å². The van der Waals surface area contributed by atoms with Gasteiger partial charge in [-0.15, -0.1) is 0 Å². The number of aromatic nitrogens is 1. The van der Waals surface area contributed by atoms with Crippen molar-refractivity contribution in [2.24, 2.45) is 0 Å². The van der Waals surface area contributed by atoms with Crippen LogP contribution in [0.3, 0.4) is 0 Å². The molecule has 0 unspecified atom stereocenters. The van der Waals surface area contributed by atoms with Crippen LogP contribution in [0.4, 0.5) is 0 Å². The molecule has 0 saturated heterocycles. The van der Waals surface area contributed by atoms with Crippen molar-refractivity contribution in [1.29, 1.82) is 0 Å². The number of fused-ring (bicyclic) bond motifs is 3. The van der Waals surface area contributed by atoms with Crippen LogP contribution in [0, 0.1) is 0 Å². The molecule has 2 heterocycles. The highest BCUT2D eigenvalue weighted by atomic mass is 16.3. The van der Waals surface area contributed by atoms with Gasteiger partial charge in [-0.05, 0) is 30.2 Å². The van der Waals surface area contributed by atoms with Crippen LogP contribution >= 0.6 is 0 Å². The van der Waals surface area contributed by atoms with Crippen LogP contribution in [-0.2, 0) is 12.8 Å². The summed E-state index contributed by atoms with van der Waals surface area (Å²) >= 11 is 0. The smallest absolute Gasteiger partial charge is 0.257 e. The zero-order valence-electron chi connectivity index (χ0n) is 12.7. The van der Waals surface area contributed by atoms with E-state index >= 15 is 0 Å². The molecule has 1 amide bonds. The highest BCUT2D eigenvalue weighted by molar-refractivity contribution is 5.97. The summed E-state index contributed by atoms with van der Waals surface area (Å²) in [5.74, 6) is -0.0525. The molecular formula is C19H18N2O2. The predicted molar refractivity (Wildman–Crippen MR) is 89.7 cm³/mol. The van der Waals surface area contributed by atoms with Crippen LogP contribution < -0.4 is 0 Å². The summed E-state index contributed by atoms with van der Waals surface area (Å²) in [6, 6.07) is 15.0. The number of amides is 1. The highest BCUT2D eigenvalue weighted by Gasteiger charge is 2.23. The lowest BCUT2D eigenvalue weighted by Crippen LogP contribution is -2.33. The van der Waals surface area contributed by atoms with E-state index in [1.807, 2.05) is 17.0 Å². The zero-order chi connectivity index (χ0) is 15.8. The lowest BCUT2D eigenvalue weighted by atomic mass is 10.1. The molecule has 116 valence electrons. The second-order valence-corrected chi connectivity index (χ2v) is 5.94. The zero-order valence-corrected chi connectivity index (χ0v) is 12.7. The largest absolute Gasteiger partial charge is 0.507 e. The summed E-state index contributed by atoms with van der Waals surface area (Å²) in [6.07, 6.45) is 1.64. The normalized spacial score (nSPS) is 14.5. The first-order valence-electron chi connectivity index (χ1n) is 7.90. The molecule has 2 aromatic carbocycles. The third-order valence-electron chi connectivity index (χ3n) is 4.59. The van der Waals surface area contributed by atoms with Gasteiger partial charge in [0.15, 0.2) is 0 Å². The van der Waals surface area contributed by atoms with Crippen molar-refractivity contribution in [3.8, 4) is 5.75 Å². The number of benzene rings is 2. The Balaban J connectivity index is 1.61. The van der Waals surface area contributed by atoms with Gasteiger partial charge in [0.1, 0.15) is 5.75 Å². The molecule has 4 nitrogen and oxygen atoms in total. The van der Waals surface area contributed by atoms with Crippen LogP contribution in [0.5, 0.6) is 5.75 Å². The lowest BCUT2D eigenvalue weighted by molar-refractivity contribution is 0.0760. The molecule has 1 aromatic heterocycles. The standard InChI is InChI=1S/C19H18N2O2/c22-18-8-4-2-6-15(18)19(23)21-11-9-14-13-5-1-3-7-16(13)20-17(14)10-12-21/h1-8,20,22H,9-12H2. The Hall–Kier alpha value is -2.75. The molecule has 3 aromatic rings. The van der Waals surface area contributed by atoms with Gasteiger partial charge in [0, 0.05) is 36.1 Å². The fraction of sp³-hybridized carbons (Fsp3) is 0.211. The van der Waals surface area contributed by atoms with Gasteiger partial charge in [0.2, 0.25) is 0 Å². The molecule has 0 atom stereocenters. The van der Waals surface area contributed by atoms with Crippen molar-refractivity contribution in [3.63, 3.8) is 0 Å². The van der Waals surface area contributed by atoms with Crippen LogP contribution in [0.1, 0.15) is 21.6 Å². The van der Waals surface area contributed by atoms with E-state index in [1.54, 1.807) is 24.3 Å². The number of hydrogen-bond acceptors (Lipinski definition) is 2. The van der Waals surface area contributed by atoms with Crippen LogP contribution in [0.2, 0.25) is 0 Å². The van der Waals surface area contributed by atoms with Gasteiger partial charge in [-0.3, -0.25) is 4.79 Å². The van der Waals surface area contributed by atoms with Gasteiger partial charge in [-0.25, -0.2) is 0 Å². The van der Waals surface area contributed by atoms with Gasteiger partial charge in [-0.2, -0.15) is 0 Å². The molecule has 0 spiro atoms. The first-order valence-corrected chi connectivity index (χ1v) is 7.90. The Labute approximate surface area is 134 Å².